The van der Waals surface area contributed by atoms with Gasteiger partial charge in [-0.05, 0) is 50.8 Å². The van der Waals surface area contributed by atoms with Gasteiger partial charge in [-0.25, -0.2) is 4.79 Å². The first-order valence-corrected chi connectivity index (χ1v) is 7.82. The number of carbonyl (C=O) groups excluding carboxylic acids is 1. The Hall–Kier alpha value is -1.62. The minimum absolute atomic E-state index is 0.0414. The summed E-state index contributed by atoms with van der Waals surface area (Å²) in [6.07, 6.45) is 6.82. The van der Waals surface area contributed by atoms with E-state index in [2.05, 4.69) is 32.7 Å². The fourth-order valence-electron chi connectivity index (χ4n) is 2.63. The van der Waals surface area contributed by atoms with Crippen LogP contribution in [0, 0.1) is 0 Å². The zero-order chi connectivity index (χ0) is 15.1. The van der Waals surface area contributed by atoms with Gasteiger partial charge in [0.2, 0.25) is 0 Å². The standard InChI is InChI=1S/C16H26N4O/c1-13(2)18-16(21)19-15-6-11-20(12-7-15)10-5-14-3-8-17-9-4-14/h3-4,8-9,13,15H,5-7,10-12H2,1-2H3,(H2,18,19,21). The third kappa shape index (κ3) is 5.71. The Kier molecular flexibility index (Phi) is 5.99. The van der Waals surface area contributed by atoms with E-state index in [1.165, 1.54) is 5.56 Å². The van der Waals surface area contributed by atoms with Crippen LogP contribution in [-0.2, 0) is 6.42 Å². The Morgan fingerprint density at radius 2 is 2.00 bits per heavy atom. The molecule has 116 valence electrons. The fraction of sp³-hybridized carbons (Fsp3) is 0.625. The van der Waals surface area contributed by atoms with E-state index in [0.717, 1.165) is 38.9 Å². The minimum Gasteiger partial charge on any atom is -0.336 e. The van der Waals surface area contributed by atoms with E-state index < -0.39 is 0 Å². The van der Waals surface area contributed by atoms with Crippen molar-refractivity contribution in [2.24, 2.45) is 0 Å². The van der Waals surface area contributed by atoms with Crippen molar-refractivity contribution in [1.82, 2.24) is 20.5 Å². The lowest BCUT2D eigenvalue weighted by atomic mass is 10.0. The first kappa shape index (κ1) is 15.8. The molecule has 1 aromatic heterocycles. The Labute approximate surface area is 127 Å². The molecule has 0 aliphatic carbocycles. The summed E-state index contributed by atoms with van der Waals surface area (Å²) in [4.78, 5) is 18.2. The highest BCUT2D eigenvalue weighted by atomic mass is 16.2. The number of nitrogens with zero attached hydrogens (tertiary/aromatic N) is 2. The maximum Gasteiger partial charge on any atom is 0.315 e. The maximum atomic E-state index is 11.7. The van der Waals surface area contributed by atoms with Crippen LogP contribution in [0.5, 0.6) is 0 Å². The number of carbonyl (C=O) groups is 1. The molecule has 1 aliphatic heterocycles. The quantitative estimate of drug-likeness (QED) is 0.869. The molecule has 0 unspecified atom stereocenters. The molecule has 1 fully saturated rings. The predicted octanol–water partition coefficient (Wildman–Crippen LogP) is 1.80. The van der Waals surface area contributed by atoms with Gasteiger partial charge in [-0.2, -0.15) is 0 Å². The van der Waals surface area contributed by atoms with Crippen LogP contribution in [0.3, 0.4) is 0 Å². The Bertz CT molecular complexity index is 427. The molecule has 5 nitrogen and oxygen atoms in total. The second kappa shape index (κ2) is 7.98. The highest BCUT2D eigenvalue weighted by molar-refractivity contribution is 5.74. The topological polar surface area (TPSA) is 57.3 Å². The Morgan fingerprint density at radius 3 is 2.62 bits per heavy atom. The smallest absolute Gasteiger partial charge is 0.315 e. The van der Waals surface area contributed by atoms with Gasteiger partial charge in [0.25, 0.3) is 0 Å². The minimum atomic E-state index is -0.0414. The van der Waals surface area contributed by atoms with Gasteiger partial charge >= 0.3 is 6.03 Å². The molecule has 2 heterocycles. The summed E-state index contributed by atoms with van der Waals surface area (Å²) in [6, 6.07) is 4.60. The number of hydrogen-bond donors (Lipinski definition) is 2. The molecule has 1 aromatic rings. The Morgan fingerprint density at radius 1 is 1.33 bits per heavy atom. The van der Waals surface area contributed by atoms with E-state index in [-0.39, 0.29) is 12.1 Å². The van der Waals surface area contributed by atoms with Crippen LogP contribution in [0.1, 0.15) is 32.3 Å². The SMILES string of the molecule is CC(C)NC(=O)NC1CCN(CCc2ccncc2)CC1. The molecule has 0 aromatic carbocycles. The van der Waals surface area contributed by atoms with Crippen LogP contribution < -0.4 is 10.6 Å². The number of rotatable bonds is 5. The van der Waals surface area contributed by atoms with Crippen molar-refractivity contribution < 1.29 is 4.79 Å². The van der Waals surface area contributed by atoms with E-state index >= 15 is 0 Å². The van der Waals surface area contributed by atoms with Gasteiger partial charge in [0.15, 0.2) is 0 Å². The lowest BCUT2D eigenvalue weighted by Crippen LogP contribution is -2.49. The first-order chi connectivity index (χ1) is 10.1. The summed E-state index contributed by atoms with van der Waals surface area (Å²) in [5.41, 5.74) is 1.33. The largest absolute Gasteiger partial charge is 0.336 e. The van der Waals surface area contributed by atoms with Crippen LogP contribution in [0.4, 0.5) is 4.79 Å². The van der Waals surface area contributed by atoms with Crippen molar-refractivity contribution in [1.29, 1.82) is 0 Å². The molecule has 0 saturated carbocycles. The van der Waals surface area contributed by atoms with Crippen LogP contribution >= 0.6 is 0 Å². The average Bonchev–Trinajstić information content (AvgIpc) is 2.47. The van der Waals surface area contributed by atoms with E-state index in [9.17, 15) is 4.79 Å². The zero-order valence-corrected chi connectivity index (χ0v) is 13.0. The Balaban J connectivity index is 1.65. The molecule has 21 heavy (non-hydrogen) atoms. The maximum absolute atomic E-state index is 11.7. The molecule has 2 rings (SSSR count). The van der Waals surface area contributed by atoms with Gasteiger partial charge in [0, 0.05) is 44.1 Å². The van der Waals surface area contributed by atoms with Gasteiger partial charge in [-0.15, -0.1) is 0 Å². The van der Waals surface area contributed by atoms with Crippen LogP contribution in [0.25, 0.3) is 0 Å². The van der Waals surface area contributed by atoms with Gasteiger partial charge in [-0.1, -0.05) is 0 Å². The molecular weight excluding hydrogens is 264 g/mol. The summed E-state index contributed by atoms with van der Waals surface area (Å²) < 4.78 is 0. The molecule has 0 bridgehead atoms. The van der Waals surface area contributed by atoms with E-state index in [1.807, 2.05) is 26.2 Å². The van der Waals surface area contributed by atoms with E-state index in [0.29, 0.717) is 6.04 Å². The second-order valence-corrected chi connectivity index (χ2v) is 5.99. The summed E-state index contributed by atoms with van der Waals surface area (Å²) in [6.45, 7) is 7.13. The lowest BCUT2D eigenvalue weighted by Gasteiger charge is -2.32. The molecular formula is C16H26N4O. The lowest BCUT2D eigenvalue weighted by molar-refractivity contribution is 0.193. The molecule has 1 saturated heterocycles. The number of hydrogen-bond acceptors (Lipinski definition) is 3. The molecule has 0 spiro atoms. The summed E-state index contributed by atoms with van der Waals surface area (Å²) >= 11 is 0. The number of piperidine rings is 1. The molecule has 1 aliphatic rings. The van der Waals surface area contributed by atoms with Crippen molar-refractivity contribution in [2.75, 3.05) is 19.6 Å². The van der Waals surface area contributed by atoms with Crippen molar-refractivity contribution >= 4 is 6.03 Å². The molecule has 0 atom stereocenters. The zero-order valence-electron chi connectivity index (χ0n) is 13.0. The normalized spacial score (nSPS) is 16.9. The first-order valence-electron chi connectivity index (χ1n) is 7.82. The van der Waals surface area contributed by atoms with Crippen LogP contribution in [-0.4, -0.2) is 47.6 Å². The second-order valence-electron chi connectivity index (χ2n) is 5.99. The van der Waals surface area contributed by atoms with Crippen LogP contribution in [0.2, 0.25) is 0 Å². The third-order valence-electron chi connectivity index (χ3n) is 3.81. The van der Waals surface area contributed by atoms with Gasteiger partial charge in [-0.3, -0.25) is 4.98 Å². The molecule has 2 N–H and O–H groups in total. The molecule has 0 radical (unpaired) electrons. The van der Waals surface area contributed by atoms with Crippen molar-refractivity contribution in [3.05, 3.63) is 30.1 Å². The van der Waals surface area contributed by atoms with Crippen molar-refractivity contribution in [3.8, 4) is 0 Å². The molecule has 2 amide bonds. The van der Waals surface area contributed by atoms with E-state index in [1.54, 1.807) is 0 Å². The fourth-order valence-corrected chi connectivity index (χ4v) is 2.63. The van der Waals surface area contributed by atoms with E-state index in [4.69, 9.17) is 0 Å². The number of likely N-dealkylation sites (tertiary alicyclic amines) is 1. The van der Waals surface area contributed by atoms with Gasteiger partial charge < -0.3 is 15.5 Å². The molecule has 5 heteroatoms. The van der Waals surface area contributed by atoms with Gasteiger partial charge in [0.05, 0.1) is 0 Å². The summed E-state index contributed by atoms with van der Waals surface area (Å²) in [7, 11) is 0. The monoisotopic (exact) mass is 290 g/mol. The summed E-state index contributed by atoms with van der Waals surface area (Å²) in [5.74, 6) is 0. The highest BCUT2D eigenvalue weighted by Crippen LogP contribution is 2.11. The van der Waals surface area contributed by atoms with Crippen molar-refractivity contribution in [2.45, 2.75) is 45.2 Å². The predicted molar refractivity (Wildman–Crippen MR) is 84.2 cm³/mol. The highest BCUT2D eigenvalue weighted by Gasteiger charge is 2.20. The third-order valence-corrected chi connectivity index (χ3v) is 3.81. The number of urea groups is 1. The van der Waals surface area contributed by atoms with Crippen molar-refractivity contribution in [3.63, 3.8) is 0 Å². The van der Waals surface area contributed by atoms with Gasteiger partial charge in [0.1, 0.15) is 0 Å². The van der Waals surface area contributed by atoms with Crippen LogP contribution in [0.15, 0.2) is 24.5 Å². The number of aromatic nitrogens is 1. The summed E-state index contributed by atoms with van der Waals surface area (Å²) in [5, 5.41) is 5.94. The number of nitrogens with one attached hydrogen (secondary N) is 2. The number of amides is 2. The average molecular weight is 290 g/mol. The number of pyridine rings is 1.